The topological polar surface area (TPSA) is 12.0 Å². The molecule has 4 heteroatoms. The molecule has 15 heavy (non-hydrogen) atoms. The third-order valence-corrected chi connectivity index (χ3v) is 2.27. The Balaban J connectivity index is 2.78. The number of benzene rings is 1. The van der Waals surface area contributed by atoms with Crippen LogP contribution in [0.5, 0.6) is 0 Å². The number of halogens is 3. The molecule has 0 aliphatic heterocycles. The molecule has 1 N–H and O–H groups in total. The van der Waals surface area contributed by atoms with Crippen LogP contribution in [0.3, 0.4) is 0 Å². The van der Waals surface area contributed by atoms with E-state index in [9.17, 15) is 8.78 Å². The molecule has 0 bridgehead atoms. The van der Waals surface area contributed by atoms with Crippen LogP contribution in [0.4, 0.5) is 8.78 Å². The molecule has 82 valence electrons. The monoisotopic (exact) mass is 231 g/mol. The molecule has 0 radical (unpaired) electrons. The van der Waals surface area contributed by atoms with Gasteiger partial charge >= 0.3 is 0 Å². The van der Waals surface area contributed by atoms with Gasteiger partial charge < -0.3 is 5.32 Å². The van der Waals surface area contributed by atoms with Crippen molar-refractivity contribution >= 4 is 17.7 Å². The number of hydrogen-bond acceptors (Lipinski definition) is 1. The zero-order valence-electron chi connectivity index (χ0n) is 8.36. The average Bonchev–Trinajstić information content (AvgIpc) is 2.24. The maximum Gasteiger partial charge on any atom is 0.151 e. The van der Waals surface area contributed by atoms with Crippen molar-refractivity contribution in [3.05, 3.63) is 40.4 Å². The van der Waals surface area contributed by atoms with Gasteiger partial charge in [0.1, 0.15) is 10.8 Å². The molecule has 1 nitrogen and oxygen atoms in total. The van der Waals surface area contributed by atoms with Crippen LogP contribution < -0.4 is 5.32 Å². The number of hydrogen-bond donors (Lipinski definition) is 1. The quantitative estimate of drug-likeness (QED) is 0.620. The van der Waals surface area contributed by atoms with E-state index in [4.69, 9.17) is 11.6 Å². The van der Waals surface area contributed by atoms with Gasteiger partial charge in [-0.2, -0.15) is 0 Å². The summed E-state index contributed by atoms with van der Waals surface area (Å²) in [6, 6.07) is 2.52. The van der Waals surface area contributed by atoms with Gasteiger partial charge in [0, 0.05) is 5.56 Å². The van der Waals surface area contributed by atoms with Crippen LogP contribution >= 0.6 is 11.6 Å². The highest BCUT2D eigenvalue weighted by Crippen LogP contribution is 2.22. The lowest BCUT2D eigenvalue weighted by molar-refractivity contribution is 0.582. The fourth-order valence-electron chi connectivity index (χ4n) is 1.11. The van der Waals surface area contributed by atoms with Crippen molar-refractivity contribution in [2.45, 2.75) is 6.42 Å². The highest BCUT2D eigenvalue weighted by molar-refractivity contribution is 6.31. The molecule has 0 saturated heterocycles. The largest absolute Gasteiger partial charge is 0.319 e. The molecular formula is C11H12ClF2N. The first-order valence-electron chi connectivity index (χ1n) is 4.61. The van der Waals surface area contributed by atoms with Gasteiger partial charge in [-0.3, -0.25) is 0 Å². The first kappa shape index (κ1) is 12.1. The summed E-state index contributed by atoms with van der Waals surface area (Å²) in [5.41, 5.74) is 0.303. The fourth-order valence-corrected chi connectivity index (χ4v) is 1.28. The van der Waals surface area contributed by atoms with Crippen molar-refractivity contribution in [1.82, 2.24) is 5.32 Å². The van der Waals surface area contributed by atoms with Crippen molar-refractivity contribution in [2.24, 2.45) is 0 Å². The van der Waals surface area contributed by atoms with Gasteiger partial charge in [0.2, 0.25) is 0 Å². The van der Waals surface area contributed by atoms with E-state index < -0.39 is 16.7 Å². The van der Waals surface area contributed by atoms with E-state index in [-0.39, 0.29) is 0 Å². The fraction of sp³-hybridized carbons (Fsp3) is 0.273. The van der Waals surface area contributed by atoms with Crippen molar-refractivity contribution in [2.75, 3.05) is 13.6 Å². The molecule has 0 unspecified atom stereocenters. The molecule has 0 aliphatic rings. The Morgan fingerprint density at radius 1 is 1.40 bits per heavy atom. The van der Waals surface area contributed by atoms with Gasteiger partial charge in [-0.25, -0.2) is 8.78 Å². The first-order valence-corrected chi connectivity index (χ1v) is 4.99. The highest BCUT2D eigenvalue weighted by atomic mass is 35.5. The minimum Gasteiger partial charge on any atom is -0.319 e. The third-order valence-electron chi connectivity index (χ3n) is 1.92. The number of rotatable bonds is 4. The summed E-state index contributed by atoms with van der Waals surface area (Å²) < 4.78 is 26.1. The Kier molecular flexibility index (Phi) is 4.72. The zero-order chi connectivity index (χ0) is 11.3. The molecule has 0 aromatic heterocycles. The molecule has 1 aromatic carbocycles. The first-order chi connectivity index (χ1) is 7.16. The summed E-state index contributed by atoms with van der Waals surface area (Å²) in [7, 11) is 1.84. The second kappa shape index (κ2) is 5.83. The van der Waals surface area contributed by atoms with Crippen LogP contribution in [0.25, 0.3) is 6.08 Å². The van der Waals surface area contributed by atoms with Gasteiger partial charge in [-0.05, 0) is 32.1 Å². The molecule has 0 aliphatic carbocycles. The predicted octanol–water partition coefficient (Wildman–Crippen LogP) is 3.24. The van der Waals surface area contributed by atoms with Gasteiger partial charge in [0.25, 0.3) is 0 Å². The van der Waals surface area contributed by atoms with Crippen molar-refractivity contribution in [1.29, 1.82) is 0 Å². The Bertz CT molecular complexity index is 364. The Morgan fingerprint density at radius 2 is 2.13 bits per heavy atom. The highest BCUT2D eigenvalue weighted by Gasteiger charge is 2.08. The lowest BCUT2D eigenvalue weighted by Gasteiger charge is -2.00. The van der Waals surface area contributed by atoms with Crippen molar-refractivity contribution in [3.8, 4) is 0 Å². The van der Waals surface area contributed by atoms with E-state index in [0.29, 0.717) is 5.56 Å². The van der Waals surface area contributed by atoms with E-state index in [1.54, 1.807) is 6.08 Å². The summed E-state index contributed by atoms with van der Waals surface area (Å²) in [6.07, 6.45) is 4.19. The van der Waals surface area contributed by atoms with Gasteiger partial charge in [0.05, 0.1) is 0 Å². The molecule has 0 atom stereocenters. The standard InChI is InChI=1S/C11H12ClF2N/c1-15-7-3-2-4-8-5-6-9(13)10(12)11(8)14/h2,4-6,15H,3,7H2,1H3. The molecule has 1 aromatic rings. The molecule has 0 heterocycles. The smallest absolute Gasteiger partial charge is 0.151 e. The van der Waals surface area contributed by atoms with Crippen LogP contribution in [-0.2, 0) is 0 Å². The van der Waals surface area contributed by atoms with E-state index in [2.05, 4.69) is 5.32 Å². The summed E-state index contributed by atoms with van der Waals surface area (Å²) in [6.45, 7) is 0.813. The third kappa shape index (κ3) is 3.29. The maximum absolute atomic E-state index is 13.3. The van der Waals surface area contributed by atoms with Gasteiger partial charge in [0.15, 0.2) is 5.82 Å². The van der Waals surface area contributed by atoms with E-state index in [1.807, 2.05) is 13.1 Å². The SMILES string of the molecule is CNCCC=Cc1ccc(F)c(Cl)c1F. The minimum absolute atomic E-state index is 0.303. The zero-order valence-corrected chi connectivity index (χ0v) is 9.11. The predicted molar refractivity (Wildman–Crippen MR) is 58.9 cm³/mol. The van der Waals surface area contributed by atoms with Gasteiger partial charge in [-0.1, -0.05) is 23.8 Å². The Labute approximate surface area is 92.8 Å². The second-order valence-corrected chi connectivity index (χ2v) is 3.44. The van der Waals surface area contributed by atoms with Crippen molar-refractivity contribution in [3.63, 3.8) is 0 Å². The summed E-state index contributed by atoms with van der Waals surface area (Å²) in [4.78, 5) is 0. The maximum atomic E-state index is 13.3. The Hall–Kier alpha value is -0.930. The minimum atomic E-state index is -0.735. The molecule has 0 spiro atoms. The average molecular weight is 232 g/mol. The van der Waals surface area contributed by atoms with Crippen LogP contribution in [0.2, 0.25) is 5.02 Å². The normalized spacial score (nSPS) is 11.2. The van der Waals surface area contributed by atoms with Crippen LogP contribution in [-0.4, -0.2) is 13.6 Å². The van der Waals surface area contributed by atoms with Crippen molar-refractivity contribution < 1.29 is 8.78 Å². The lowest BCUT2D eigenvalue weighted by Crippen LogP contribution is -2.05. The Morgan fingerprint density at radius 3 is 2.80 bits per heavy atom. The summed E-state index contributed by atoms with van der Waals surface area (Å²) in [5, 5.41) is 2.51. The van der Waals surface area contributed by atoms with E-state index in [0.717, 1.165) is 19.0 Å². The van der Waals surface area contributed by atoms with Gasteiger partial charge in [-0.15, -0.1) is 0 Å². The molecule has 0 amide bonds. The van der Waals surface area contributed by atoms with Crippen LogP contribution in [0.15, 0.2) is 18.2 Å². The van der Waals surface area contributed by atoms with E-state index in [1.165, 1.54) is 6.07 Å². The molecular weight excluding hydrogens is 220 g/mol. The molecule has 1 rings (SSSR count). The second-order valence-electron chi connectivity index (χ2n) is 3.06. The lowest BCUT2D eigenvalue weighted by atomic mass is 10.2. The summed E-state index contributed by atoms with van der Waals surface area (Å²) in [5.74, 6) is -1.45. The van der Waals surface area contributed by atoms with E-state index >= 15 is 0 Å². The molecule has 0 saturated carbocycles. The van der Waals surface area contributed by atoms with Crippen LogP contribution in [0, 0.1) is 11.6 Å². The number of nitrogens with one attached hydrogen (secondary N) is 1. The van der Waals surface area contributed by atoms with Crippen LogP contribution in [0.1, 0.15) is 12.0 Å². The summed E-state index contributed by atoms with van der Waals surface area (Å²) >= 11 is 5.43. The molecule has 0 fully saturated rings.